The van der Waals surface area contributed by atoms with Crippen molar-refractivity contribution in [2.45, 2.75) is 39.8 Å². The van der Waals surface area contributed by atoms with Crippen LogP contribution in [0.3, 0.4) is 0 Å². The van der Waals surface area contributed by atoms with Crippen molar-refractivity contribution in [3.05, 3.63) is 0 Å². The van der Waals surface area contributed by atoms with Crippen LogP contribution in [0.2, 0.25) is 0 Å². The van der Waals surface area contributed by atoms with Gasteiger partial charge in [-0.1, -0.05) is 13.8 Å². The standard InChI is InChI=1S/C12H23N3O2/c1-8(2)9(3)14-11(16)7-15-6-5-13-10(4)12(15)17/h8-10,13H,5-7H2,1-4H3,(H,14,16). The first-order chi connectivity index (χ1) is 7.91. The SMILES string of the molecule is CC1NCCN(CC(=O)NC(C)C(C)C)C1=O. The molecular formula is C12H23N3O2. The summed E-state index contributed by atoms with van der Waals surface area (Å²) in [7, 11) is 0. The molecule has 1 saturated heterocycles. The first kappa shape index (κ1) is 14.0. The maximum Gasteiger partial charge on any atom is 0.239 e. The van der Waals surface area contributed by atoms with Gasteiger partial charge >= 0.3 is 0 Å². The van der Waals surface area contributed by atoms with E-state index in [-0.39, 0.29) is 30.4 Å². The zero-order chi connectivity index (χ0) is 13.0. The topological polar surface area (TPSA) is 61.4 Å². The average molecular weight is 241 g/mol. The Labute approximate surface area is 103 Å². The van der Waals surface area contributed by atoms with E-state index in [1.165, 1.54) is 0 Å². The number of piperazine rings is 1. The van der Waals surface area contributed by atoms with Crippen LogP contribution in [0.4, 0.5) is 0 Å². The maximum atomic E-state index is 11.8. The molecule has 1 fully saturated rings. The summed E-state index contributed by atoms with van der Waals surface area (Å²) < 4.78 is 0. The molecule has 2 N–H and O–H groups in total. The van der Waals surface area contributed by atoms with Gasteiger partial charge in [-0.15, -0.1) is 0 Å². The van der Waals surface area contributed by atoms with E-state index in [2.05, 4.69) is 24.5 Å². The summed E-state index contributed by atoms with van der Waals surface area (Å²) >= 11 is 0. The number of hydrogen-bond donors (Lipinski definition) is 2. The highest BCUT2D eigenvalue weighted by atomic mass is 16.2. The van der Waals surface area contributed by atoms with Gasteiger partial charge in [-0.25, -0.2) is 0 Å². The van der Waals surface area contributed by atoms with Crippen LogP contribution in [0, 0.1) is 5.92 Å². The van der Waals surface area contributed by atoms with Gasteiger partial charge in [0, 0.05) is 19.1 Å². The number of hydrogen-bond acceptors (Lipinski definition) is 3. The van der Waals surface area contributed by atoms with Crippen molar-refractivity contribution >= 4 is 11.8 Å². The van der Waals surface area contributed by atoms with Crippen LogP contribution in [0.5, 0.6) is 0 Å². The summed E-state index contributed by atoms with van der Waals surface area (Å²) in [6.07, 6.45) is 0. The van der Waals surface area contributed by atoms with Crippen molar-refractivity contribution < 1.29 is 9.59 Å². The van der Waals surface area contributed by atoms with E-state index in [1.807, 2.05) is 13.8 Å². The summed E-state index contributed by atoms with van der Waals surface area (Å²) in [6, 6.07) is -0.0444. The normalized spacial score (nSPS) is 22.8. The molecule has 98 valence electrons. The smallest absolute Gasteiger partial charge is 0.239 e. The third kappa shape index (κ3) is 4.00. The largest absolute Gasteiger partial charge is 0.352 e. The van der Waals surface area contributed by atoms with E-state index in [9.17, 15) is 9.59 Å². The lowest BCUT2D eigenvalue weighted by Gasteiger charge is -2.31. The number of nitrogens with one attached hydrogen (secondary N) is 2. The molecule has 2 unspecified atom stereocenters. The van der Waals surface area contributed by atoms with Crippen LogP contribution in [-0.2, 0) is 9.59 Å². The molecule has 0 spiro atoms. The van der Waals surface area contributed by atoms with E-state index in [0.29, 0.717) is 12.5 Å². The lowest BCUT2D eigenvalue weighted by molar-refractivity contribution is -0.139. The molecule has 17 heavy (non-hydrogen) atoms. The van der Waals surface area contributed by atoms with Gasteiger partial charge in [0.15, 0.2) is 0 Å². The predicted octanol–water partition coefficient (Wildman–Crippen LogP) is -0.0326. The fourth-order valence-electron chi connectivity index (χ4n) is 1.68. The van der Waals surface area contributed by atoms with Gasteiger partial charge < -0.3 is 15.5 Å². The minimum absolute atomic E-state index is 0.00333. The fourth-order valence-corrected chi connectivity index (χ4v) is 1.68. The highest BCUT2D eigenvalue weighted by Crippen LogP contribution is 2.02. The summed E-state index contributed by atoms with van der Waals surface area (Å²) in [5.74, 6) is 0.328. The van der Waals surface area contributed by atoms with Crippen molar-refractivity contribution in [2.24, 2.45) is 5.92 Å². The molecule has 0 saturated carbocycles. The van der Waals surface area contributed by atoms with E-state index < -0.39 is 0 Å². The molecule has 1 heterocycles. The third-order valence-corrected chi connectivity index (χ3v) is 3.24. The predicted molar refractivity (Wildman–Crippen MR) is 66.5 cm³/mol. The van der Waals surface area contributed by atoms with Crippen molar-refractivity contribution in [1.82, 2.24) is 15.5 Å². The van der Waals surface area contributed by atoms with Crippen LogP contribution in [0.1, 0.15) is 27.7 Å². The zero-order valence-corrected chi connectivity index (χ0v) is 11.1. The van der Waals surface area contributed by atoms with Gasteiger partial charge in [-0.2, -0.15) is 0 Å². The van der Waals surface area contributed by atoms with Gasteiger partial charge in [0.1, 0.15) is 0 Å². The lowest BCUT2D eigenvalue weighted by Crippen LogP contribution is -2.56. The number of carbonyl (C=O) groups excluding carboxylic acids is 2. The van der Waals surface area contributed by atoms with Crippen molar-refractivity contribution in [2.75, 3.05) is 19.6 Å². The van der Waals surface area contributed by atoms with E-state index in [1.54, 1.807) is 4.90 Å². The van der Waals surface area contributed by atoms with Crippen LogP contribution >= 0.6 is 0 Å². The average Bonchev–Trinajstić information content (AvgIpc) is 2.24. The van der Waals surface area contributed by atoms with Crippen molar-refractivity contribution in [3.8, 4) is 0 Å². The molecule has 0 aliphatic carbocycles. The van der Waals surface area contributed by atoms with Gasteiger partial charge in [-0.05, 0) is 19.8 Å². The Kier molecular flexibility index (Phi) is 4.93. The molecule has 0 bridgehead atoms. The highest BCUT2D eigenvalue weighted by Gasteiger charge is 2.26. The van der Waals surface area contributed by atoms with Crippen LogP contribution in [-0.4, -0.2) is 48.4 Å². The van der Waals surface area contributed by atoms with Crippen LogP contribution in [0.25, 0.3) is 0 Å². The third-order valence-electron chi connectivity index (χ3n) is 3.24. The van der Waals surface area contributed by atoms with Crippen LogP contribution < -0.4 is 10.6 Å². The van der Waals surface area contributed by atoms with E-state index in [0.717, 1.165) is 6.54 Å². The second kappa shape index (κ2) is 6.00. The summed E-state index contributed by atoms with van der Waals surface area (Å²) in [6.45, 7) is 9.44. The van der Waals surface area contributed by atoms with Gasteiger partial charge in [0.05, 0.1) is 12.6 Å². The minimum Gasteiger partial charge on any atom is -0.352 e. The zero-order valence-electron chi connectivity index (χ0n) is 11.1. The maximum absolute atomic E-state index is 11.8. The minimum atomic E-state index is -0.181. The molecule has 0 aromatic carbocycles. The second-order valence-corrected chi connectivity index (χ2v) is 5.04. The van der Waals surface area contributed by atoms with Crippen LogP contribution in [0.15, 0.2) is 0 Å². The molecule has 1 aliphatic heterocycles. The Morgan fingerprint density at radius 2 is 2.18 bits per heavy atom. The lowest BCUT2D eigenvalue weighted by atomic mass is 10.1. The summed E-state index contributed by atoms with van der Waals surface area (Å²) in [4.78, 5) is 25.1. The van der Waals surface area contributed by atoms with Crippen molar-refractivity contribution in [1.29, 1.82) is 0 Å². The number of rotatable bonds is 4. The molecular weight excluding hydrogens is 218 g/mol. The number of nitrogens with zero attached hydrogens (tertiary/aromatic N) is 1. The Morgan fingerprint density at radius 3 is 2.76 bits per heavy atom. The molecule has 0 aromatic heterocycles. The van der Waals surface area contributed by atoms with Gasteiger partial charge in [0.25, 0.3) is 0 Å². The molecule has 2 atom stereocenters. The Bertz CT molecular complexity index is 291. The van der Waals surface area contributed by atoms with E-state index >= 15 is 0 Å². The number of amides is 2. The Hall–Kier alpha value is -1.10. The monoisotopic (exact) mass is 241 g/mol. The van der Waals surface area contributed by atoms with Crippen molar-refractivity contribution in [3.63, 3.8) is 0 Å². The molecule has 1 aliphatic rings. The number of carbonyl (C=O) groups is 2. The molecule has 5 heteroatoms. The van der Waals surface area contributed by atoms with Gasteiger partial charge in [0.2, 0.25) is 11.8 Å². The highest BCUT2D eigenvalue weighted by molar-refractivity contribution is 5.87. The molecule has 5 nitrogen and oxygen atoms in total. The quantitative estimate of drug-likeness (QED) is 0.726. The van der Waals surface area contributed by atoms with E-state index in [4.69, 9.17) is 0 Å². The first-order valence-electron chi connectivity index (χ1n) is 6.23. The Morgan fingerprint density at radius 1 is 1.53 bits per heavy atom. The summed E-state index contributed by atoms with van der Waals surface area (Å²) in [5.41, 5.74) is 0. The molecule has 0 aromatic rings. The summed E-state index contributed by atoms with van der Waals surface area (Å²) in [5, 5.41) is 5.98. The second-order valence-electron chi connectivity index (χ2n) is 5.04. The first-order valence-corrected chi connectivity index (χ1v) is 6.23. The fraction of sp³-hybridized carbons (Fsp3) is 0.833. The van der Waals surface area contributed by atoms with Gasteiger partial charge in [-0.3, -0.25) is 9.59 Å². The Balaban J connectivity index is 2.43. The molecule has 1 rings (SSSR count). The molecule has 0 radical (unpaired) electrons. The molecule has 2 amide bonds.